The van der Waals surface area contributed by atoms with Crippen LogP contribution < -0.4 is 16.3 Å². The molecule has 0 atom stereocenters. The van der Waals surface area contributed by atoms with Crippen LogP contribution in [0.3, 0.4) is 0 Å². The lowest BCUT2D eigenvalue weighted by Crippen LogP contribution is -2.19. The SMILES string of the molecule is N/N=C(/N)c1cccc(OC(F)(F)F)c1. The lowest BCUT2D eigenvalue weighted by atomic mass is 10.2. The highest BCUT2D eigenvalue weighted by atomic mass is 19.4. The summed E-state index contributed by atoms with van der Waals surface area (Å²) in [6.45, 7) is 0. The molecule has 7 heteroatoms. The second-order valence-corrected chi connectivity index (χ2v) is 2.59. The zero-order chi connectivity index (χ0) is 11.5. The van der Waals surface area contributed by atoms with Crippen molar-refractivity contribution in [3.8, 4) is 5.75 Å². The van der Waals surface area contributed by atoms with Crippen LogP contribution >= 0.6 is 0 Å². The van der Waals surface area contributed by atoms with E-state index in [4.69, 9.17) is 11.6 Å². The molecule has 4 N–H and O–H groups in total. The number of ether oxygens (including phenoxy) is 1. The minimum absolute atomic E-state index is 0.0670. The number of hydrogen-bond donors (Lipinski definition) is 2. The summed E-state index contributed by atoms with van der Waals surface area (Å²) in [6.07, 6.45) is -4.73. The van der Waals surface area contributed by atoms with Gasteiger partial charge in [-0.05, 0) is 12.1 Å². The Hall–Kier alpha value is -1.92. The number of hydrogen-bond acceptors (Lipinski definition) is 3. The Bertz CT molecular complexity index is 376. The average Bonchev–Trinajstić information content (AvgIpc) is 2.14. The standard InChI is InChI=1S/C8H8F3N3O/c9-8(10,11)15-6-3-1-2-5(4-6)7(12)14-13/h1-4H,13H2,(H2,12,14). The van der Waals surface area contributed by atoms with Crippen molar-refractivity contribution >= 4 is 5.84 Å². The van der Waals surface area contributed by atoms with Crippen LogP contribution in [-0.4, -0.2) is 12.2 Å². The summed E-state index contributed by atoms with van der Waals surface area (Å²) in [5.74, 6) is 4.45. The second kappa shape index (κ2) is 4.07. The van der Waals surface area contributed by atoms with E-state index >= 15 is 0 Å². The Labute approximate surface area is 83.3 Å². The molecule has 4 nitrogen and oxygen atoms in total. The first-order valence-corrected chi connectivity index (χ1v) is 3.82. The third-order valence-electron chi connectivity index (χ3n) is 1.50. The molecule has 0 aliphatic carbocycles. The van der Waals surface area contributed by atoms with Gasteiger partial charge in [-0.2, -0.15) is 5.10 Å². The van der Waals surface area contributed by atoms with E-state index in [1.165, 1.54) is 12.1 Å². The van der Waals surface area contributed by atoms with Crippen LogP contribution in [0.25, 0.3) is 0 Å². The molecule has 82 valence electrons. The highest BCUT2D eigenvalue weighted by Crippen LogP contribution is 2.23. The first-order chi connectivity index (χ1) is 6.92. The largest absolute Gasteiger partial charge is 0.573 e. The molecule has 0 aliphatic rings. The fourth-order valence-corrected chi connectivity index (χ4v) is 0.927. The molecule has 0 heterocycles. The molecule has 0 fully saturated rings. The van der Waals surface area contributed by atoms with Crippen LogP contribution in [0.15, 0.2) is 29.4 Å². The highest BCUT2D eigenvalue weighted by Gasteiger charge is 2.31. The van der Waals surface area contributed by atoms with Gasteiger partial charge >= 0.3 is 6.36 Å². The van der Waals surface area contributed by atoms with Crippen molar-refractivity contribution in [3.05, 3.63) is 29.8 Å². The van der Waals surface area contributed by atoms with Crippen molar-refractivity contribution in [2.24, 2.45) is 16.7 Å². The second-order valence-electron chi connectivity index (χ2n) is 2.59. The summed E-state index contributed by atoms with van der Waals surface area (Å²) in [5, 5.41) is 3.15. The number of halogens is 3. The van der Waals surface area contributed by atoms with E-state index in [1.807, 2.05) is 0 Å². The number of nitrogens with two attached hydrogens (primary N) is 2. The molecule has 0 bridgehead atoms. The number of amidine groups is 1. The third kappa shape index (κ3) is 3.37. The van der Waals surface area contributed by atoms with Gasteiger partial charge in [-0.25, -0.2) is 0 Å². The van der Waals surface area contributed by atoms with Gasteiger partial charge in [0.1, 0.15) is 11.6 Å². The molecule has 0 radical (unpaired) electrons. The molecular weight excluding hydrogens is 211 g/mol. The Morgan fingerprint density at radius 3 is 2.53 bits per heavy atom. The summed E-state index contributed by atoms with van der Waals surface area (Å²) in [6, 6.07) is 5.07. The summed E-state index contributed by atoms with van der Waals surface area (Å²) in [5.41, 5.74) is 5.58. The molecule has 0 aromatic heterocycles. The molecule has 0 spiro atoms. The van der Waals surface area contributed by atoms with E-state index in [0.29, 0.717) is 0 Å². The van der Waals surface area contributed by atoms with Gasteiger partial charge in [0.25, 0.3) is 0 Å². The van der Waals surface area contributed by atoms with E-state index in [-0.39, 0.29) is 17.1 Å². The first-order valence-electron chi connectivity index (χ1n) is 3.82. The van der Waals surface area contributed by atoms with Crippen LogP contribution in [0.4, 0.5) is 13.2 Å². The smallest absolute Gasteiger partial charge is 0.406 e. The predicted molar refractivity (Wildman–Crippen MR) is 48.0 cm³/mol. The number of rotatable bonds is 2. The van der Waals surface area contributed by atoms with Gasteiger partial charge in [-0.1, -0.05) is 12.1 Å². The molecule has 1 rings (SSSR count). The molecule has 0 aliphatic heterocycles. The molecule has 1 aromatic carbocycles. The van der Waals surface area contributed by atoms with Crippen molar-refractivity contribution in [1.82, 2.24) is 0 Å². The van der Waals surface area contributed by atoms with Gasteiger partial charge in [0, 0.05) is 5.56 Å². The summed E-state index contributed by atoms with van der Waals surface area (Å²) in [7, 11) is 0. The van der Waals surface area contributed by atoms with Crippen molar-refractivity contribution < 1.29 is 17.9 Å². The zero-order valence-electron chi connectivity index (χ0n) is 7.45. The average molecular weight is 219 g/mol. The maximum atomic E-state index is 11.8. The summed E-state index contributed by atoms with van der Waals surface area (Å²) in [4.78, 5) is 0. The van der Waals surface area contributed by atoms with Crippen LogP contribution in [0.5, 0.6) is 5.75 Å². The van der Waals surface area contributed by atoms with E-state index in [1.54, 1.807) is 0 Å². The van der Waals surface area contributed by atoms with Gasteiger partial charge in [-0.3, -0.25) is 0 Å². The number of alkyl halides is 3. The van der Waals surface area contributed by atoms with E-state index < -0.39 is 6.36 Å². The molecule has 0 saturated heterocycles. The van der Waals surface area contributed by atoms with Gasteiger partial charge in [0.15, 0.2) is 0 Å². The molecule has 0 saturated carbocycles. The zero-order valence-corrected chi connectivity index (χ0v) is 7.45. The van der Waals surface area contributed by atoms with E-state index in [0.717, 1.165) is 12.1 Å². The maximum Gasteiger partial charge on any atom is 0.573 e. The van der Waals surface area contributed by atoms with Crippen LogP contribution in [-0.2, 0) is 0 Å². The Morgan fingerprint density at radius 1 is 1.33 bits per heavy atom. The normalized spacial score (nSPS) is 12.6. The monoisotopic (exact) mass is 219 g/mol. The predicted octanol–water partition coefficient (Wildman–Crippen LogP) is 1.16. The van der Waals surface area contributed by atoms with Crippen LogP contribution in [0.2, 0.25) is 0 Å². The Balaban J connectivity index is 2.93. The minimum atomic E-state index is -4.73. The summed E-state index contributed by atoms with van der Waals surface area (Å²) < 4.78 is 39.2. The quantitative estimate of drug-likeness (QED) is 0.339. The highest BCUT2D eigenvalue weighted by molar-refractivity contribution is 5.97. The Kier molecular flexibility index (Phi) is 3.03. The van der Waals surface area contributed by atoms with Gasteiger partial charge < -0.3 is 16.3 Å². The number of hydrazone groups is 1. The molecule has 0 amide bonds. The lowest BCUT2D eigenvalue weighted by molar-refractivity contribution is -0.274. The fourth-order valence-electron chi connectivity index (χ4n) is 0.927. The van der Waals surface area contributed by atoms with Crippen molar-refractivity contribution in [2.75, 3.05) is 0 Å². The summed E-state index contributed by atoms with van der Waals surface area (Å²) >= 11 is 0. The fraction of sp³-hybridized carbons (Fsp3) is 0.125. The van der Waals surface area contributed by atoms with Gasteiger partial charge in [-0.15, -0.1) is 13.2 Å². The minimum Gasteiger partial charge on any atom is -0.406 e. The van der Waals surface area contributed by atoms with Crippen LogP contribution in [0.1, 0.15) is 5.56 Å². The van der Waals surface area contributed by atoms with E-state index in [2.05, 4.69) is 9.84 Å². The first kappa shape index (κ1) is 11.2. The lowest BCUT2D eigenvalue weighted by Gasteiger charge is -2.09. The molecule has 15 heavy (non-hydrogen) atoms. The van der Waals surface area contributed by atoms with Crippen molar-refractivity contribution in [3.63, 3.8) is 0 Å². The topological polar surface area (TPSA) is 73.6 Å². The number of nitrogens with zero attached hydrogens (tertiary/aromatic N) is 1. The van der Waals surface area contributed by atoms with Gasteiger partial charge in [0.05, 0.1) is 0 Å². The number of benzene rings is 1. The third-order valence-corrected chi connectivity index (χ3v) is 1.50. The maximum absolute atomic E-state index is 11.8. The van der Waals surface area contributed by atoms with Crippen LogP contribution in [0, 0.1) is 0 Å². The Morgan fingerprint density at radius 2 is 2.00 bits per heavy atom. The molecule has 0 unspecified atom stereocenters. The van der Waals surface area contributed by atoms with Crippen molar-refractivity contribution in [1.29, 1.82) is 0 Å². The van der Waals surface area contributed by atoms with Crippen molar-refractivity contribution in [2.45, 2.75) is 6.36 Å². The van der Waals surface area contributed by atoms with E-state index in [9.17, 15) is 13.2 Å². The molecular formula is C8H8F3N3O. The molecule has 1 aromatic rings. The van der Waals surface area contributed by atoms with Gasteiger partial charge in [0.2, 0.25) is 0 Å².